The number of rotatable bonds is 2. The van der Waals surface area contributed by atoms with Gasteiger partial charge in [0.05, 0.1) is 11.6 Å². The molecule has 0 saturated carbocycles. The molecule has 128 valence electrons. The molecule has 1 aromatic heterocycles. The van der Waals surface area contributed by atoms with Crippen LogP contribution in [0.3, 0.4) is 0 Å². The third kappa shape index (κ3) is 2.80. The summed E-state index contributed by atoms with van der Waals surface area (Å²) in [7, 11) is 0. The quantitative estimate of drug-likeness (QED) is 0.731. The van der Waals surface area contributed by atoms with Crippen LogP contribution in [0, 0.1) is 11.3 Å². The second kappa shape index (κ2) is 6.41. The number of nitrogens with one attached hydrogen (secondary N) is 1. The zero-order valence-electron chi connectivity index (χ0n) is 14.2. The zero-order chi connectivity index (χ0) is 18.1. The minimum absolute atomic E-state index is 0.00231. The highest BCUT2D eigenvalue weighted by atomic mass is 32.1. The van der Waals surface area contributed by atoms with Gasteiger partial charge < -0.3 is 10.1 Å². The maximum atomic E-state index is 12.1. The van der Waals surface area contributed by atoms with Crippen molar-refractivity contribution >= 4 is 22.9 Å². The number of benzene rings is 2. The summed E-state index contributed by atoms with van der Waals surface area (Å²) in [4.78, 5) is 13.1. The van der Waals surface area contributed by atoms with Gasteiger partial charge in [-0.1, -0.05) is 24.3 Å². The van der Waals surface area contributed by atoms with E-state index in [2.05, 4.69) is 11.4 Å². The first kappa shape index (κ1) is 16.5. The molecule has 3 aromatic rings. The molecule has 4 rings (SSSR count). The highest BCUT2D eigenvalue weighted by Gasteiger charge is 2.36. The van der Waals surface area contributed by atoms with Gasteiger partial charge in [-0.15, -0.1) is 11.3 Å². The largest absolute Gasteiger partial charge is 0.355 e. The molecule has 2 aromatic carbocycles. The maximum absolute atomic E-state index is 12.1. The predicted molar refractivity (Wildman–Crippen MR) is 102 cm³/mol. The van der Waals surface area contributed by atoms with Crippen molar-refractivity contribution in [1.82, 2.24) is 0 Å². The lowest BCUT2D eigenvalue weighted by Crippen LogP contribution is -2.27. The average molecular weight is 360 g/mol. The van der Waals surface area contributed by atoms with Gasteiger partial charge >= 0.3 is 0 Å². The van der Waals surface area contributed by atoms with Crippen LogP contribution >= 0.6 is 11.3 Å². The number of carbonyl (C=O) groups is 1. The SMILES string of the molecule is CC1(c2cccs2)OCC(=O)Nc2ccc(-c3cccc(C#N)c3)cc21. The molecule has 1 N–H and O–H groups in total. The molecule has 4 nitrogen and oxygen atoms in total. The van der Waals surface area contributed by atoms with E-state index in [1.54, 1.807) is 17.4 Å². The fourth-order valence-corrected chi connectivity index (χ4v) is 4.08. The Kier molecular flexibility index (Phi) is 4.08. The van der Waals surface area contributed by atoms with E-state index in [-0.39, 0.29) is 12.5 Å². The van der Waals surface area contributed by atoms with Crippen LogP contribution in [0.15, 0.2) is 60.0 Å². The van der Waals surface area contributed by atoms with Gasteiger partial charge in [-0.05, 0) is 53.8 Å². The van der Waals surface area contributed by atoms with Crippen LogP contribution in [-0.2, 0) is 15.1 Å². The summed E-state index contributed by atoms with van der Waals surface area (Å²) in [5.41, 5.74) is 3.49. The Morgan fingerprint density at radius 1 is 1.15 bits per heavy atom. The van der Waals surface area contributed by atoms with Crippen molar-refractivity contribution in [2.75, 3.05) is 11.9 Å². The van der Waals surface area contributed by atoms with E-state index in [1.807, 2.05) is 60.8 Å². The Hall–Kier alpha value is -2.94. The lowest BCUT2D eigenvalue weighted by atomic mass is 9.89. The van der Waals surface area contributed by atoms with E-state index >= 15 is 0 Å². The smallest absolute Gasteiger partial charge is 0.250 e. The van der Waals surface area contributed by atoms with Gasteiger partial charge in [0.15, 0.2) is 0 Å². The number of hydrogen-bond acceptors (Lipinski definition) is 4. The average Bonchev–Trinajstić information content (AvgIpc) is 3.18. The Morgan fingerprint density at radius 2 is 2.00 bits per heavy atom. The molecule has 0 spiro atoms. The molecule has 0 fully saturated rings. The van der Waals surface area contributed by atoms with Crippen molar-refractivity contribution in [2.45, 2.75) is 12.5 Å². The number of amides is 1. The first-order valence-corrected chi connectivity index (χ1v) is 9.11. The molecule has 0 bridgehead atoms. The molecule has 0 aliphatic carbocycles. The minimum atomic E-state index is -0.717. The Morgan fingerprint density at radius 3 is 2.77 bits per heavy atom. The van der Waals surface area contributed by atoms with Crippen LogP contribution in [0.4, 0.5) is 5.69 Å². The van der Waals surface area contributed by atoms with Crippen molar-refractivity contribution in [3.8, 4) is 17.2 Å². The Labute approximate surface area is 155 Å². The predicted octanol–water partition coefficient (Wildman–Crippen LogP) is 4.52. The van der Waals surface area contributed by atoms with Gasteiger partial charge in [0.25, 0.3) is 0 Å². The van der Waals surface area contributed by atoms with E-state index in [0.29, 0.717) is 5.56 Å². The van der Waals surface area contributed by atoms with Crippen LogP contribution in [0.1, 0.15) is 22.9 Å². The number of thiophene rings is 1. The molecular formula is C21H16N2O2S. The zero-order valence-corrected chi connectivity index (χ0v) is 15.0. The highest BCUT2D eigenvalue weighted by molar-refractivity contribution is 7.10. The molecule has 0 saturated heterocycles. The van der Waals surface area contributed by atoms with Crippen LogP contribution < -0.4 is 5.32 Å². The van der Waals surface area contributed by atoms with Gasteiger partial charge in [0.1, 0.15) is 12.2 Å². The number of anilines is 1. The third-order valence-corrected chi connectivity index (χ3v) is 5.69. The Balaban J connectivity index is 1.90. The first-order chi connectivity index (χ1) is 12.6. The fourth-order valence-electron chi connectivity index (χ4n) is 3.22. The van der Waals surface area contributed by atoms with Crippen molar-refractivity contribution in [3.63, 3.8) is 0 Å². The van der Waals surface area contributed by atoms with Crippen molar-refractivity contribution in [1.29, 1.82) is 5.26 Å². The first-order valence-electron chi connectivity index (χ1n) is 8.23. The van der Waals surface area contributed by atoms with Crippen LogP contribution in [0.2, 0.25) is 0 Å². The molecule has 0 radical (unpaired) electrons. The Bertz CT molecular complexity index is 1020. The number of nitrogens with zero attached hydrogens (tertiary/aromatic N) is 1. The summed E-state index contributed by atoms with van der Waals surface area (Å²) in [6, 6.07) is 19.6. The summed E-state index contributed by atoms with van der Waals surface area (Å²) in [6.45, 7) is 2.00. The fraction of sp³-hybridized carbons (Fsp3) is 0.143. The van der Waals surface area contributed by atoms with E-state index in [0.717, 1.165) is 27.3 Å². The lowest BCUT2D eigenvalue weighted by Gasteiger charge is -2.29. The molecule has 1 aliphatic heterocycles. The van der Waals surface area contributed by atoms with Gasteiger partial charge in [-0.25, -0.2) is 0 Å². The normalized spacial score (nSPS) is 19.2. The van der Waals surface area contributed by atoms with Gasteiger partial charge in [0.2, 0.25) is 5.91 Å². The molecule has 1 amide bonds. The maximum Gasteiger partial charge on any atom is 0.250 e. The summed E-state index contributed by atoms with van der Waals surface area (Å²) in [6.07, 6.45) is 0. The monoisotopic (exact) mass is 360 g/mol. The standard InChI is InChI=1S/C21H16N2O2S/c1-21(19-6-3-9-26-19)17-11-16(15-5-2-4-14(10-15)12-22)7-8-18(17)23-20(24)13-25-21/h2-11H,13H2,1H3,(H,23,24). The van der Waals surface area contributed by atoms with E-state index in [9.17, 15) is 4.79 Å². The number of fused-ring (bicyclic) bond motifs is 1. The van der Waals surface area contributed by atoms with E-state index < -0.39 is 5.60 Å². The summed E-state index contributed by atoms with van der Waals surface area (Å²) >= 11 is 1.60. The van der Waals surface area contributed by atoms with Gasteiger partial charge in [0, 0.05) is 16.1 Å². The van der Waals surface area contributed by atoms with Crippen LogP contribution in [0.25, 0.3) is 11.1 Å². The van der Waals surface area contributed by atoms with Gasteiger partial charge in [-0.2, -0.15) is 5.26 Å². The molecule has 1 unspecified atom stereocenters. The molecule has 26 heavy (non-hydrogen) atoms. The number of hydrogen-bond donors (Lipinski definition) is 1. The van der Waals surface area contributed by atoms with Crippen molar-refractivity contribution < 1.29 is 9.53 Å². The molecule has 2 heterocycles. The summed E-state index contributed by atoms with van der Waals surface area (Å²) in [5, 5.41) is 14.1. The van der Waals surface area contributed by atoms with Crippen LogP contribution in [-0.4, -0.2) is 12.5 Å². The summed E-state index contributed by atoms with van der Waals surface area (Å²) < 4.78 is 6.06. The highest BCUT2D eigenvalue weighted by Crippen LogP contribution is 2.42. The number of carbonyl (C=O) groups excluding carboxylic acids is 1. The number of nitriles is 1. The van der Waals surface area contributed by atoms with Crippen molar-refractivity contribution in [2.24, 2.45) is 0 Å². The van der Waals surface area contributed by atoms with E-state index in [1.165, 1.54) is 0 Å². The molecular weight excluding hydrogens is 344 g/mol. The second-order valence-corrected chi connectivity index (χ2v) is 7.25. The summed E-state index contributed by atoms with van der Waals surface area (Å²) in [5.74, 6) is -0.161. The van der Waals surface area contributed by atoms with Crippen molar-refractivity contribution in [3.05, 3.63) is 76.0 Å². The minimum Gasteiger partial charge on any atom is -0.355 e. The number of ether oxygens (including phenoxy) is 1. The molecule has 5 heteroatoms. The third-order valence-electron chi connectivity index (χ3n) is 4.62. The van der Waals surface area contributed by atoms with Gasteiger partial charge in [-0.3, -0.25) is 4.79 Å². The molecule has 1 atom stereocenters. The van der Waals surface area contributed by atoms with E-state index in [4.69, 9.17) is 10.00 Å². The molecule has 1 aliphatic rings. The van der Waals surface area contributed by atoms with Crippen LogP contribution in [0.5, 0.6) is 0 Å². The second-order valence-electron chi connectivity index (χ2n) is 6.30. The topological polar surface area (TPSA) is 62.1 Å². The lowest BCUT2D eigenvalue weighted by molar-refractivity contribution is -0.124.